The number of hydrogen-bond donors (Lipinski definition) is 0. The van der Waals surface area contributed by atoms with Gasteiger partial charge in [0.15, 0.2) is 6.29 Å². The second-order valence-electron chi connectivity index (χ2n) is 4.68. The molecule has 0 bridgehead atoms. The molecular weight excluding hydrogens is 299 g/mol. The Hall–Kier alpha value is -0.450. The van der Waals surface area contributed by atoms with Crippen LogP contribution in [0.3, 0.4) is 0 Å². The zero-order valence-corrected chi connectivity index (χ0v) is 12.1. The largest absolute Gasteiger partial charge is 0.353 e. The maximum absolute atomic E-state index is 13.7. The van der Waals surface area contributed by atoms with E-state index in [0.29, 0.717) is 12.0 Å². The van der Waals surface area contributed by atoms with E-state index in [-0.39, 0.29) is 18.2 Å². The number of ether oxygens (including phenoxy) is 2. The molecule has 100 valence electrons. The summed E-state index contributed by atoms with van der Waals surface area (Å²) in [6, 6.07) is 5.13. The maximum atomic E-state index is 13.7. The first kappa shape index (κ1) is 14.0. The van der Waals surface area contributed by atoms with E-state index in [4.69, 9.17) is 9.47 Å². The van der Waals surface area contributed by atoms with Crippen LogP contribution in [0.15, 0.2) is 22.7 Å². The van der Waals surface area contributed by atoms with Gasteiger partial charge in [-0.3, -0.25) is 0 Å². The van der Waals surface area contributed by atoms with Gasteiger partial charge in [-0.1, -0.05) is 22.0 Å². The SMILES string of the molecule is CC(Cc1ccc(Br)cc1F)OC1CCCCO1. The first-order chi connectivity index (χ1) is 8.65. The van der Waals surface area contributed by atoms with E-state index in [1.165, 1.54) is 6.07 Å². The number of benzene rings is 1. The minimum Gasteiger partial charge on any atom is -0.353 e. The van der Waals surface area contributed by atoms with Crippen molar-refractivity contribution in [3.63, 3.8) is 0 Å². The molecule has 0 aliphatic carbocycles. The third-order valence-electron chi connectivity index (χ3n) is 3.04. The van der Waals surface area contributed by atoms with Gasteiger partial charge in [-0.25, -0.2) is 4.39 Å². The quantitative estimate of drug-likeness (QED) is 0.834. The Labute approximate surface area is 116 Å². The van der Waals surface area contributed by atoms with E-state index in [2.05, 4.69) is 15.9 Å². The second kappa shape index (κ2) is 6.64. The van der Waals surface area contributed by atoms with Crippen LogP contribution in [0.2, 0.25) is 0 Å². The third kappa shape index (κ3) is 4.04. The Morgan fingerprint density at radius 3 is 3.00 bits per heavy atom. The first-order valence-electron chi connectivity index (χ1n) is 6.36. The van der Waals surface area contributed by atoms with Crippen molar-refractivity contribution in [3.8, 4) is 0 Å². The highest BCUT2D eigenvalue weighted by Gasteiger charge is 2.18. The Bertz CT molecular complexity index is 391. The van der Waals surface area contributed by atoms with E-state index < -0.39 is 0 Å². The number of rotatable bonds is 4. The van der Waals surface area contributed by atoms with Crippen LogP contribution in [-0.2, 0) is 15.9 Å². The predicted octanol–water partition coefficient (Wildman–Crippen LogP) is 4.06. The fourth-order valence-electron chi connectivity index (χ4n) is 2.12. The standard InChI is InChI=1S/C14H18BrFO2/c1-10(18-14-4-2-3-7-17-14)8-11-5-6-12(15)9-13(11)16/h5-6,9-10,14H,2-4,7-8H2,1H3. The lowest BCUT2D eigenvalue weighted by Crippen LogP contribution is -2.27. The summed E-state index contributed by atoms with van der Waals surface area (Å²) in [5, 5.41) is 0. The van der Waals surface area contributed by atoms with Crippen LogP contribution in [0.1, 0.15) is 31.7 Å². The van der Waals surface area contributed by atoms with Gasteiger partial charge in [-0.2, -0.15) is 0 Å². The molecule has 1 aromatic carbocycles. The average Bonchev–Trinajstić information content (AvgIpc) is 2.34. The summed E-state index contributed by atoms with van der Waals surface area (Å²) in [7, 11) is 0. The van der Waals surface area contributed by atoms with Crippen LogP contribution in [0.5, 0.6) is 0 Å². The molecule has 2 nitrogen and oxygen atoms in total. The number of hydrogen-bond acceptors (Lipinski definition) is 2. The molecule has 1 aromatic rings. The van der Waals surface area contributed by atoms with Crippen molar-refractivity contribution in [2.75, 3.05) is 6.61 Å². The lowest BCUT2D eigenvalue weighted by Gasteiger charge is -2.26. The summed E-state index contributed by atoms with van der Waals surface area (Å²) in [4.78, 5) is 0. The normalized spacial score (nSPS) is 21.8. The van der Waals surface area contributed by atoms with Crippen LogP contribution in [0.4, 0.5) is 4.39 Å². The lowest BCUT2D eigenvalue weighted by molar-refractivity contribution is -0.184. The Morgan fingerprint density at radius 2 is 2.33 bits per heavy atom. The van der Waals surface area contributed by atoms with E-state index in [1.54, 1.807) is 6.07 Å². The third-order valence-corrected chi connectivity index (χ3v) is 3.54. The minimum atomic E-state index is -0.190. The van der Waals surface area contributed by atoms with Gasteiger partial charge in [0.25, 0.3) is 0 Å². The monoisotopic (exact) mass is 316 g/mol. The molecule has 2 unspecified atom stereocenters. The van der Waals surface area contributed by atoms with Crippen LogP contribution in [0, 0.1) is 5.82 Å². The molecule has 1 heterocycles. The maximum Gasteiger partial charge on any atom is 0.157 e. The van der Waals surface area contributed by atoms with Crippen LogP contribution >= 0.6 is 15.9 Å². The van der Waals surface area contributed by atoms with Crippen molar-refractivity contribution >= 4 is 15.9 Å². The molecule has 0 saturated carbocycles. The molecule has 1 saturated heterocycles. The van der Waals surface area contributed by atoms with Crippen molar-refractivity contribution in [2.45, 2.75) is 45.0 Å². The highest BCUT2D eigenvalue weighted by atomic mass is 79.9. The van der Waals surface area contributed by atoms with Crippen molar-refractivity contribution < 1.29 is 13.9 Å². The zero-order chi connectivity index (χ0) is 13.0. The first-order valence-corrected chi connectivity index (χ1v) is 7.15. The average molecular weight is 317 g/mol. The summed E-state index contributed by atoms with van der Waals surface area (Å²) in [5.74, 6) is -0.190. The fraction of sp³-hybridized carbons (Fsp3) is 0.571. The molecule has 0 spiro atoms. The van der Waals surface area contributed by atoms with Gasteiger partial charge < -0.3 is 9.47 Å². The van der Waals surface area contributed by atoms with Crippen LogP contribution < -0.4 is 0 Å². The summed E-state index contributed by atoms with van der Waals surface area (Å²) in [6.45, 7) is 2.73. The van der Waals surface area contributed by atoms with Crippen LogP contribution in [0.25, 0.3) is 0 Å². The second-order valence-corrected chi connectivity index (χ2v) is 5.60. The molecule has 0 radical (unpaired) electrons. The summed E-state index contributed by atoms with van der Waals surface area (Å²) >= 11 is 3.25. The molecule has 2 atom stereocenters. The lowest BCUT2D eigenvalue weighted by atomic mass is 10.1. The Morgan fingerprint density at radius 1 is 1.50 bits per heavy atom. The van der Waals surface area contributed by atoms with Gasteiger partial charge >= 0.3 is 0 Å². The molecule has 1 aliphatic rings. The Kier molecular flexibility index (Phi) is 5.15. The van der Waals surface area contributed by atoms with Gasteiger partial charge in [0, 0.05) is 17.5 Å². The van der Waals surface area contributed by atoms with Crippen molar-refractivity contribution in [3.05, 3.63) is 34.1 Å². The van der Waals surface area contributed by atoms with Gasteiger partial charge in [0.05, 0.1) is 6.10 Å². The fourth-order valence-corrected chi connectivity index (χ4v) is 2.46. The molecule has 4 heteroatoms. The highest BCUT2D eigenvalue weighted by molar-refractivity contribution is 9.10. The predicted molar refractivity (Wildman–Crippen MR) is 71.9 cm³/mol. The molecule has 0 aromatic heterocycles. The van der Waals surface area contributed by atoms with E-state index in [0.717, 1.165) is 30.3 Å². The van der Waals surface area contributed by atoms with Gasteiger partial charge in [-0.05, 0) is 43.9 Å². The molecule has 1 aliphatic heterocycles. The molecule has 18 heavy (non-hydrogen) atoms. The molecule has 1 fully saturated rings. The van der Waals surface area contributed by atoms with Gasteiger partial charge in [0.2, 0.25) is 0 Å². The smallest absolute Gasteiger partial charge is 0.157 e. The van der Waals surface area contributed by atoms with Gasteiger partial charge in [0.1, 0.15) is 5.82 Å². The van der Waals surface area contributed by atoms with Crippen molar-refractivity contribution in [1.29, 1.82) is 0 Å². The van der Waals surface area contributed by atoms with Crippen molar-refractivity contribution in [2.24, 2.45) is 0 Å². The van der Waals surface area contributed by atoms with Crippen LogP contribution in [-0.4, -0.2) is 19.0 Å². The number of halogens is 2. The molecule has 2 rings (SSSR count). The summed E-state index contributed by atoms with van der Waals surface area (Å²) in [6.07, 6.45) is 3.60. The summed E-state index contributed by atoms with van der Waals surface area (Å²) < 4.78 is 25.7. The topological polar surface area (TPSA) is 18.5 Å². The van der Waals surface area contributed by atoms with Crippen molar-refractivity contribution in [1.82, 2.24) is 0 Å². The molecule has 0 amide bonds. The zero-order valence-electron chi connectivity index (χ0n) is 10.5. The van der Waals surface area contributed by atoms with E-state index >= 15 is 0 Å². The molecular formula is C14H18BrFO2. The van der Waals surface area contributed by atoms with E-state index in [1.807, 2.05) is 13.0 Å². The van der Waals surface area contributed by atoms with E-state index in [9.17, 15) is 4.39 Å². The Balaban J connectivity index is 1.87. The van der Waals surface area contributed by atoms with Gasteiger partial charge in [-0.15, -0.1) is 0 Å². The highest BCUT2D eigenvalue weighted by Crippen LogP contribution is 2.20. The molecule has 0 N–H and O–H groups in total. The minimum absolute atomic E-state index is 0.0382. The summed E-state index contributed by atoms with van der Waals surface area (Å²) in [5.41, 5.74) is 0.682.